The van der Waals surface area contributed by atoms with Crippen LogP contribution in [0.25, 0.3) is 43.6 Å². The fourth-order valence-corrected chi connectivity index (χ4v) is 6.53. The summed E-state index contributed by atoms with van der Waals surface area (Å²) in [5.41, 5.74) is 4.96. The first-order valence-corrected chi connectivity index (χ1v) is 14.9. The molecule has 0 fully saturated rings. The number of fused-ring (bicyclic) bond motifs is 5. The molecule has 0 radical (unpaired) electrons. The molecule has 0 N–H and O–H groups in total. The molecule has 0 amide bonds. The van der Waals surface area contributed by atoms with Crippen molar-refractivity contribution in [1.29, 1.82) is 0 Å². The summed E-state index contributed by atoms with van der Waals surface area (Å²) in [6.07, 6.45) is 2.19. The van der Waals surface area contributed by atoms with Gasteiger partial charge in [0, 0.05) is 17.0 Å². The maximum Gasteiger partial charge on any atom is 0.228 e. The van der Waals surface area contributed by atoms with E-state index in [4.69, 9.17) is 4.74 Å². The van der Waals surface area contributed by atoms with E-state index in [1.54, 1.807) is 0 Å². The molecule has 0 spiro atoms. The Morgan fingerprint density at radius 2 is 1.47 bits per heavy atom. The van der Waals surface area contributed by atoms with Gasteiger partial charge in [0.25, 0.3) is 0 Å². The zero-order chi connectivity index (χ0) is 22.4. The van der Waals surface area contributed by atoms with E-state index in [0.29, 0.717) is 0 Å². The number of hydrogen-bond acceptors (Lipinski definition) is 1. The lowest BCUT2D eigenvalue weighted by molar-refractivity contribution is -0.659. The molecule has 4 aromatic carbocycles. The van der Waals surface area contributed by atoms with E-state index in [0.717, 1.165) is 11.5 Å². The summed E-state index contributed by atoms with van der Waals surface area (Å²) in [6, 6.07) is 20.2. The minimum Gasteiger partial charge on any atom is -0.455 e. The summed E-state index contributed by atoms with van der Waals surface area (Å²) in [5, 5.41) is 8.97. The lowest BCUT2D eigenvalue weighted by atomic mass is 9.88. The van der Waals surface area contributed by atoms with E-state index in [1.807, 2.05) is 0 Å². The van der Waals surface area contributed by atoms with Gasteiger partial charge >= 0.3 is 0 Å². The fourth-order valence-electron chi connectivity index (χ4n) is 5.35. The Morgan fingerprint density at radius 3 is 2.19 bits per heavy atom. The molecule has 3 heteroatoms. The second-order valence-electron chi connectivity index (χ2n) is 10.2. The molecule has 1 aromatic heterocycles. The summed E-state index contributed by atoms with van der Waals surface area (Å²) in [7, 11) is 0.748. The highest BCUT2D eigenvalue weighted by Crippen LogP contribution is 2.52. The van der Waals surface area contributed by atoms with Crippen LogP contribution in [-0.4, -0.2) is 8.07 Å². The lowest BCUT2D eigenvalue weighted by Gasteiger charge is -2.25. The summed E-state index contributed by atoms with van der Waals surface area (Å²) >= 11 is 0. The van der Waals surface area contributed by atoms with Crippen LogP contribution in [0.15, 0.2) is 60.8 Å². The third-order valence-corrected chi connectivity index (χ3v) is 9.22. The largest absolute Gasteiger partial charge is 0.455 e. The molecule has 1 aliphatic rings. The maximum absolute atomic E-state index is 6.86. The van der Waals surface area contributed by atoms with Crippen LogP contribution in [0.2, 0.25) is 19.6 Å². The predicted octanol–water partition coefficient (Wildman–Crippen LogP) is 6.91. The van der Waals surface area contributed by atoms with Crippen LogP contribution >= 0.6 is 0 Å². The minimum atomic E-state index is -1.40. The molecular formula is C29H28NOSi+. The summed E-state index contributed by atoms with van der Waals surface area (Å²) in [6.45, 7) is 11.6. The third kappa shape index (κ3) is 2.55. The average molecular weight is 435 g/mol. The zero-order valence-electron chi connectivity index (χ0n) is 19.6. The summed E-state index contributed by atoms with van der Waals surface area (Å²) in [5.74, 6) is 2.00. The standard InChI is InChI=1S/C29H28NOSi/c1-17-22-9-7-8-10-23(22)18(2)28-25(17)27-26-19(13-14-30(27)3)15-20-16-21(32(4,5)6)11-12-24(20)29(26)31-28/h7-16H,1-6H3/q+1. The Bertz CT molecular complexity index is 1610. The van der Waals surface area contributed by atoms with E-state index in [2.05, 4.69) is 106 Å². The molecule has 6 rings (SSSR count). The van der Waals surface area contributed by atoms with Crippen molar-refractivity contribution in [2.24, 2.45) is 7.05 Å². The van der Waals surface area contributed by atoms with Crippen molar-refractivity contribution in [3.63, 3.8) is 0 Å². The quantitative estimate of drug-likeness (QED) is 0.156. The number of ether oxygens (including phenoxy) is 1. The minimum absolute atomic E-state index is 0.996. The van der Waals surface area contributed by atoms with Gasteiger partial charge in [-0.15, -0.1) is 0 Å². The topological polar surface area (TPSA) is 13.1 Å². The highest BCUT2D eigenvalue weighted by atomic mass is 28.3. The second-order valence-corrected chi connectivity index (χ2v) is 15.3. The van der Waals surface area contributed by atoms with Crippen molar-refractivity contribution >= 4 is 45.6 Å². The fraction of sp³-hybridized carbons (Fsp3) is 0.207. The van der Waals surface area contributed by atoms with E-state index in [1.165, 1.54) is 59.9 Å². The van der Waals surface area contributed by atoms with Crippen molar-refractivity contribution < 1.29 is 9.30 Å². The molecule has 5 aromatic rings. The first kappa shape index (κ1) is 19.5. The van der Waals surface area contributed by atoms with Crippen LogP contribution in [0.1, 0.15) is 11.1 Å². The molecular weight excluding hydrogens is 406 g/mol. The Morgan fingerprint density at radius 1 is 0.750 bits per heavy atom. The molecule has 0 saturated heterocycles. The molecule has 0 atom stereocenters. The monoisotopic (exact) mass is 434 g/mol. The van der Waals surface area contributed by atoms with Gasteiger partial charge in [-0.3, -0.25) is 0 Å². The lowest BCUT2D eigenvalue weighted by Crippen LogP contribution is -2.37. The van der Waals surface area contributed by atoms with Crippen LogP contribution in [0.4, 0.5) is 0 Å². The summed E-state index contributed by atoms with van der Waals surface area (Å²) < 4.78 is 9.12. The molecule has 0 unspecified atom stereocenters. The third-order valence-electron chi connectivity index (χ3n) is 7.17. The molecule has 2 heterocycles. The number of nitrogens with zero attached hydrogens (tertiary/aromatic N) is 1. The van der Waals surface area contributed by atoms with Crippen molar-refractivity contribution in [3.8, 4) is 22.8 Å². The van der Waals surface area contributed by atoms with Crippen LogP contribution in [-0.2, 0) is 7.05 Å². The zero-order valence-corrected chi connectivity index (χ0v) is 20.6. The van der Waals surface area contributed by atoms with Crippen molar-refractivity contribution in [1.82, 2.24) is 0 Å². The molecule has 0 aliphatic carbocycles. The van der Waals surface area contributed by atoms with Crippen LogP contribution in [0.3, 0.4) is 0 Å². The molecule has 158 valence electrons. The number of rotatable bonds is 1. The number of benzene rings is 4. The maximum atomic E-state index is 6.86. The van der Waals surface area contributed by atoms with Crippen molar-refractivity contribution in [2.75, 3.05) is 0 Å². The Balaban J connectivity index is 1.79. The normalized spacial score (nSPS) is 12.9. The summed E-state index contributed by atoms with van der Waals surface area (Å²) in [4.78, 5) is 0. The number of hydrogen-bond donors (Lipinski definition) is 0. The van der Waals surface area contributed by atoms with Crippen LogP contribution in [0, 0.1) is 13.8 Å². The molecule has 32 heavy (non-hydrogen) atoms. The predicted molar refractivity (Wildman–Crippen MR) is 138 cm³/mol. The first-order chi connectivity index (χ1) is 15.3. The van der Waals surface area contributed by atoms with E-state index >= 15 is 0 Å². The van der Waals surface area contributed by atoms with Gasteiger partial charge < -0.3 is 4.74 Å². The SMILES string of the molecule is Cc1c2c(c(C)c3ccccc13)-c1c3c(c4ccc([Si](C)(C)C)cc4cc3cc[n+]1C)O2. The molecule has 2 nitrogen and oxygen atoms in total. The molecule has 0 saturated carbocycles. The average Bonchev–Trinajstić information content (AvgIpc) is 2.78. The first-order valence-electron chi connectivity index (χ1n) is 11.4. The highest BCUT2D eigenvalue weighted by Gasteiger charge is 2.33. The van der Waals surface area contributed by atoms with Crippen molar-refractivity contribution in [3.05, 3.63) is 71.9 Å². The Hall–Kier alpha value is -3.17. The van der Waals surface area contributed by atoms with Gasteiger partial charge in [-0.1, -0.05) is 67.3 Å². The van der Waals surface area contributed by atoms with E-state index in [-0.39, 0.29) is 0 Å². The Labute approximate surface area is 190 Å². The van der Waals surface area contributed by atoms with Crippen molar-refractivity contribution in [2.45, 2.75) is 33.5 Å². The Kier molecular flexibility index (Phi) is 3.92. The van der Waals surface area contributed by atoms with Gasteiger partial charge in [-0.2, -0.15) is 0 Å². The van der Waals surface area contributed by atoms with Crippen LogP contribution in [0.5, 0.6) is 11.5 Å². The smallest absolute Gasteiger partial charge is 0.228 e. The molecule has 0 bridgehead atoms. The van der Waals surface area contributed by atoms with Gasteiger partial charge in [0.15, 0.2) is 6.20 Å². The van der Waals surface area contributed by atoms with E-state index < -0.39 is 8.07 Å². The van der Waals surface area contributed by atoms with E-state index in [9.17, 15) is 0 Å². The van der Waals surface area contributed by atoms with Gasteiger partial charge in [-0.25, -0.2) is 4.57 Å². The van der Waals surface area contributed by atoms with Gasteiger partial charge in [0.05, 0.1) is 19.0 Å². The number of aromatic nitrogens is 1. The van der Waals surface area contributed by atoms with Gasteiger partial charge in [0.2, 0.25) is 5.69 Å². The van der Waals surface area contributed by atoms with Gasteiger partial charge in [-0.05, 0) is 47.0 Å². The number of pyridine rings is 1. The molecule has 1 aliphatic heterocycles. The van der Waals surface area contributed by atoms with Gasteiger partial charge in [0.1, 0.15) is 18.5 Å². The van der Waals surface area contributed by atoms with Crippen LogP contribution < -0.4 is 14.5 Å². The number of aryl methyl sites for hydroxylation is 3. The highest BCUT2D eigenvalue weighted by molar-refractivity contribution is 6.88. The second kappa shape index (κ2) is 6.43.